The Morgan fingerprint density at radius 2 is 1.77 bits per heavy atom. The van der Waals surface area contributed by atoms with E-state index >= 15 is 0 Å². The Kier molecular flexibility index (Phi) is 8.91. The van der Waals surface area contributed by atoms with Gasteiger partial charge in [-0.1, -0.05) is 42.8 Å². The van der Waals surface area contributed by atoms with E-state index < -0.39 is 23.9 Å². The van der Waals surface area contributed by atoms with E-state index in [1.165, 1.54) is 12.8 Å². The molecule has 6 rings (SSSR count). The van der Waals surface area contributed by atoms with Crippen molar-refractivity contribution in [3.63, 3.8) is 0 Å². The Hall–Kier alpha value is -3.50. The molecule has 3 saturated heterocycles. The van der Waals surface area contributed by atoms with Gasteiger partial charge in [-0.05, 0) is 68.5 Å². The molecule has 0 radical (unpaired) electrons. The Bertz CT molecular complexity index is 1400. The van der Waals surface area contributed by atoms with Crippen molar-refractivity contribution >= 4 is 41.1 Å². The van der Waals surface area contributed by atoms with E-state index in [1.54, 1.807) is 11.0 Å². The van der Waals surface area contributed by atoms with Gasteiger partial charge in [-0.15, -0.1) is 0 Å². The minimum atomic E-state index is -0.997. The second kappa shape index (κ2) is 12.9. The Morgan fingerprint density at radius 3 is 2.48 bits per heavy atom. The summed E-state index contributed by atoms with van der Waals surface area (Å²) < 4.78 is 11.9. The first-order chi connectivity index (χ1) is 21.3. The largest absolute Gasteiger partial charge is 0.438 e. The third kappa shape index (κ3) is 6.19. The molecule has 0 aromatic heterocycles. The van der Waals surface area contributed by atoms with Gasteiger partial charge < -0.3 is 29.9 Å². The number of nitrogens with one attached hydrogen (secondary N) is 1. The maximum Gasteiger partial charge on any atom is 0.412 e. The number of amides is 3. The molecular formula is C33H42ClN5O5. The van der Waals surface area contributed by atoms with Gasteiger partial charge in [-0.3, -0.25) is 10.1 Å². The SMILES string of the molecule is CCc1cc(C[C@@H](OC(=O)N2CCC3(CC2)OC(=O)Nc2ccccc23)C(=O)N2CCC(N3CCCC3)CC2)cc(Cl)c1N. The van der Waals surface area contributed by atoms with Gasteiger partial charge in [-0.25, -0.2) is 9.59 Å². The number of hydrogen-bond donors (Lipinski definition) is 2. The number of carbonyl (C=O) groups excluding carboxylic acids is 3. The van der Waals surface area contributed by atoms with Gasteiger partial charge in [0, 0.05) is 57.0 Å². The van der Waals surface area contributed by atoms with Crippen LogP contribution in [0.4, 0.5) is 21.0 Å². The summed E-state index contributed by atoms with van der Waals surface area (Å²) in [5.41, 5.74) is 9.23. The van der Waals surface area contributed by atoms with E-state index in [-0.39, 0.29) is 12.3 Å². The topological polar surface area (TPSA) is 117 Å². The molecule has 3 N–H and O–H groups in total. The van der Waals surface area contributed by atoms with Gasteiger partial charge in [0.1, 0.15) is 5.60 Å². The summed E-state index contributed by atoms with van der Waals surface area (Å²) in [5.74, 6) is -0.182. The van der Waals surface area contributed by atoms with Gasteiger partial charge in [-0.2, -0.15) is 0 Å². The number of nitrogen functional groups attached to an aromatic ring is 1. The van der Waals surface area contributed by atoms with Crippen molar-refractivity contribution in [2.24, 2.45) is 0 Å². The zero-order chi connectivity index (χ0) is 30.8. The predicted octanol–water partition coefficient (Wildman–Crippen LogP) is 5.17. The molecule has 4 aliphatic rings. The molecule has 0 unspecified atom stereocenters. The lowest BCUT2D eigenvalue weighted by molar-refractivity contribution is -0.142. The van der Waals surface area contributed by atoms with Gasteiger partial charge >= 0.3 is 12.2 Å². The Morgan fingerprint density at radius 1 is 1.07 bits per heavy atom. The average Bonchev–Trinajstić information content (AvgIpc) is 3.58. The molecule has 4 aliphatic heterocycles. The van der Waals surface area contributed by atoms with Crippen LogP contribution < -0.4 is 11.1 Å². The van der Waals surface area contributed by atoms with Crippen molar-refractivity contribution in [3.05, 3.63) is 58.1 Å². The molecule has 1 atom stereocenters. The van der Waals surface area contributed by atoms with Crippen LogP contribution in [0.3, 0.4) is 0 Å². The van der Waals surface area contributed by atoms with Gasteiger partial charge in [0.25, 0.3) is 5.91 Å². The number of hydrogen-bond acceptors (Lipinski definition) is 7. The lowest BCUT2D eigenvalue weighted by atomic mass is 9.82. The summed E-state index contributed by atoms with van der Waals surface area (Å²) in [6.07, 6.45) is 4.05. The highest BCUT2D eigenvalue weighted by Crippen LogP contribution is 2.43. The highest BCUT2D eigenvalue weighted by Gasteiger charge is 2.46. The van der Waals surface area contributed by atoms with Crippen LogP contribution >= 0.6 is 11.6 Å². The average molecular weight is 624 g/mol. The number of aryl methyl sites for hydroxylation is 1. The molecule has 0 saturated carbocycles. The maximum absolute atomic E-state index is 14.0. The second-order valence-corrected chi connectivity index (χ2v) is 12.8. The minimum Gasteiger partial charge on any atom is -0.438 e. The fourth-order valence-corrected chi connectivity index (χ4v) is 7.54. The number of ether oxygens (including phenoxy) is 2. The molecule has 3 amide bonds. The predicted molar refractivity (Wildman–Crippen MR) is 169 cm³/mol. The number of piperidine rings is 2. The minimum absolute atomic E-state index is 0.182. The van der Waals surface area contributed by atoms with Gasteiger partial charge in [0.05, 0.1) is 16.4 Å². The van der Waals surface area contributed by atoms with E-state index in [0.717, 1.165) is 48.3 Å². The van der Waals surface area contributed by atoms with Crippen molar-refractivity contribution in [1.29, 1.82) is 0 Å². The monoisotopic (exact) mass is 623 g/mol. The molecule has 10 nitrogen and oxygen atoms in total. The van der Waals surface area contributed by atoms with E-state index in [4.69, 9.17) is 26.8 Å². The molecule has 4 heterocycles. The third-order valence-corrected chi connectivity index (χ3v) is 10.1. The first kappa shape index (κ1) is 30.5. The van der Waals surface area contributed by atoms with Crippen LogP contribution in [0.5, 0.6) is 0 Å². The first-order valence-electron chi connectivity index (χ1n) is 15.9. The number of halogens is 1. The van der Waals surface area contributed by atoms with Crippen LogP contribution in [0.2, 0.25) is 5.02 Å². The fraction of sp³-hybridized carbons (Fsp3) is 0.545. The normalized spacial score (nSPS) is 21.0. The van der Waals surface area contributed by atoms with E-state index in [1.807, 2.05) is 42.2 Å². The first-order valence-corrected chi connectivity index (χ1v) is 16.3. The highest BCUT2D eigenvalue weighted by molar-refractivity contribution is 6.33. The zero-order valence-corrected chi connectivity index (χ0v) is 26.1. The molecule has 1 spiro atoms. The summed E-state index contributed by atoms with van der Waals surface area (Å²) in [6, 6.07) is 11.8. The van der Waals surface area contributed by atoms with Crippen LogP contribution in [-0.4, -0.2) is 84.2 Å². The Labute approximate surface area is 263 Å². The number of benzene rings is 2. The van der Waals surface area contributed by atoms with Crippen LogP contribution in [0.15, 0.2) is 36.4 Å². The summed E-state index contributed by atoms with van der Waals surface area (Å²) >= 11 is 6.45. The molecule has 2 aromatic carbocycles. The standard InChI is InChI=1S/C33H42ClN5O5/c1-2-23-19-22(20-26(34)29(23)35)21-28(30(40)38-15-9-24(10-16-38)37-13-5-6-14-37)43-32(42)39-17-11-33(12-18-39)25-7-3-4-8-27(25)36-31(41)44-33/h3-4,7-8,19-20,24,28H,2,5-6,9-18,21,35H2,1H3,(H,36,41)/t28-/m1/s1. The number of fused-ring (bicyclic) bond motifs is 2. The Balaban J connectivity index is 1.16. The number of likely N-dealkylation sites (tertiary alicyclic amines) is 3. The number of nitrogens with two attached hydrogens (primary N) is 1. The van der Waals surface area contributed by atoms with Crippen LogP contribution in [0.1, 0.15) is 62.1 Å². The number of rotatable bonds is 6. The molecule has 3 fully saturated rings. The number of nitrogens with zero attached hydrogens (tertiary/aromatic N) is 3. The van der Waals surface area contributed by atoms with Crippen LogP contribution in [0.25, 0.3) is 0 Å². The smallest absolute Gasteiger partial charge is 0.412 e. The molecule has 2 aromatic rings. The summed E-state index contributed by atoms with van der Waals surface area (Å²) in [5, 5.41) is 3.20. The number of carbonyl (C=O) groups is 3. The van der Waals surface area contributed by atoms with E-state index in [9.17, 15) is 14.4 Å². The van der Waals surface area contributed by atoms with Gasteiger partial charge in [0.15, 0.2) is 6.10 Å². The lowest BCUT2D eigenvalue weighted by Crippen LogP contribution is -2.52. The molecule has 0 bridgehead atoms. The second-order valence-electron chi connectivity index (χ2n) is 12.4. The maximum atomic E-state index is 14.0. The van der Waals surface area contributed by atoms with Crippen molar-refractivity contribution in [1.82, 2.24) is 14.7 Å². The van der Waals surface area contributed by atoms with Crippen molar-refractivity contribution < 1.29 is 23.9 Å². The summed E-state index contributed by atoms with van der Waals surface area (Å²) in [7, 11) is 0. The summed E-state index contributed by atoms with van der Waals surface area (Å²) in [6.45, 7) is 6.21. The molecule has 236 valence electrons. The van der Waals surface area contributed by atoms with Crippen molar-refractivity contribution in [2.75, 3.05) is 50.3 Å². The molecular weight excluding hydrogens is 582 g/mol. The van der Waals surface area contributed by atoms with Crippen LogP contribution in [-0.2, 0) is 32.7 Å². The van der Waals surface area contributed by atoms with Crippen molar-refractivity contribution in [2.45, 2.75) is 76.0 Å². The highest BCUT2D eigenvalue weighted by atomic mass is 35.5. The van der Waals surface area contributed by atoms with Crippen LogP contribution in [0, 0.1) is 0 Å². The zero-order valence-electron chi connectivity index (χ0n) is 25.4. The molecule has 44 heavy (non-hydrogen) atoms. The number of para-hydroxylation sites is 1. The fourth-order valence-electron chi connectivity index (χ4n) is 7.28. The summed E-state index contributed by atoms with van der Waals surface area (Å²) in [4.78, 5) is 45.9. The lowest BCUT2D eigenvalue weighted by Gasteiger charge is -2.44. The third-order valence-electron chi connectivity index (χ3n) is 9.80. The number of anilines is 2. The van der Waals surface area contributed by atoms with Gasteiger partial charge in [0.2, 0.25) is 0 Å². The quantitative estimate of drug-likeness (QED) is 0.426. The molecule has 0 aliphatic carbocycles. The van der Waals surface area contributed by atoms with E-state index in [0.29, 0.717) is 62.2 Å². The van der Waals surface area contributed by atoms with Crippen molar-refractivity contribution in [3.8, 4) is 0 Å². The van der Waals surface area contributed by atoms with E-state index in [2.05, 4.69) is 10.2 Å². The molecule has 11 heteroatoms.